The third-order valence-electron chi connectivity index (χ3n) is 2.35. The Morgan fingerprint density at radius 3 is 2.75 bits per heavy atom. The normalized spacial score (nSPS) is 10.5. The van der Waals surface area contributed by atoms with Gasteiger partial charge in [0.15, 0.2) is 0 Å². The molecule has 0 aliphatic heterocycles. The number of nitrogens with zero attached hydrogens (tertiary/aromatic N) is 1. The number of carbonyl (C=O) groups is 1. The van der Waals surface area contributed by atoms with Crippen molar-refractivity contribution in [3.05, 3.63) is 63.3 Å². The molecular formula is C14H11Br2N3O. The molecule has 0 fully saturated rings. The summed E-state index contributed by atoms with van der Waals surface area (Å²) in [4.78, 5) is 15.7. The number of anilines is 1. The summed E-state index contributed by atoms with van der Waals surface area (Å²) >= 11 is 6.74. The monoisotopic (exact) mass is 395 g/mol. The maximum atomic E-state index is 11.7. The first-order chi connectivity index (χ1) is 9.65. The van der Waals surface area contributed by atoms with Gasteiger partial charge in [0.2, 0.25) is 0 Å². The molecule has 2 rings (SSSR count). The summed E-state index contributed by atoms with van der Waals surface area (Å²) in [6.07, 6.45) is 4.99. The Morgan fingerprint density at radius 2 is 2.00 bits per heavy atom. The maximum absolute atomic E-state index is 11.7. The van der Waals surface area contributed by atoms with Gasteiger partial charge in [-0.15, -0.1) is 0 Å². The number of hydrogen-bond donors (Lipinski definition) is 2. The van der Waals surface area contributed by atoms with Crippen molar-refractivity contribution in [2.24, 2.45) is 0 Å². The minimum absolute atomic E-state index is 0.348. The Labute approximate surface area is 133 Å². The van der Waals surface area contributed by atoms with Gasteiger partial charge >= 0.3 is 6.03 Å². The van der Waals surface area contributed by atoms with Crippen LogP contribution in [0.2, 0.25) is 0 Å². The van der Waals surface area contributed by atoms with Crippen molar-refractivity contribution in [2.45, 2.75) is 0 Å². The number of urea groups is 1. The van der Waals surface area contributed by atoms with E-state index in [0.29, 0.717) is 5.82 Å². The number of benzene rings is 1. The quantitative estimate of drug-likeness (QED) is 0.807. The highest BCUT2D eigenvalue weighted by Gasteiger charge is 2.00. The third-order valence-corrected chi connectivity index (χ3v) is 3.56. The molecule has 20 heavy (non-hydrogen) atoms. The summed E-state index contributed by atoms with van der Waals surface area (Å²) in [6, 6.07) is 10.9. The Hall–Kier alpha value is -1.66. The van der Waals surface area contributed by atoms with Gasteiger partial charge in [0.05, 0.1) is 0 Å². The fraction of sp³-hybridized carbons (Fsp3) is 0. The van der Waals surface area contributed by atoms with Crippen molar-refractivity contribution in [3.8, 4) is 0 Å². The Kier molecular flexibility index (Phi) is 5.31. The first kappa shape index (κ1) is 14.7. The fourth-order valence-electron chi connectivity index (χ4n) is 1.44. The number of halogens is 2. The molecule has 0 unspecified atom stereocenters. The number of rotatable bonds is 3. The molecular weight excluding hydrogens is 386 g/mol. The van der Waals surface area contributed by atoms with E-state index in [9.17, 15) is 4.79 Å². The minimum atomic E-state index is -0.348. The molecule has 1 aromatic carbocycles. The number of pyridine rings is 1. The van der Waals surface area contributed by atoms with Crippen LogP contribution in [-0.4, -0.2) is 11.0 Å². The Balaban J connectivity index is 1.91. The zero-order chi connectivity index (χ0) is 14.4. The molecule has 0 aliphatic carbocycles. The van der Waals surface area contributed by atoms with Crippen LogP contribution in [0.4, 0.5) is 10.6 Å². The van der Waals surface area contributed by atoms with Crippen LogP contribution in [0.25, 0.3) is 6.08 Å². The van der Waals surface area contributed by atoms with E-state index < -0.39 is 0 Å². The molecule has 0 spiro atoms. The standard InChI is InChI=1S/C14H11Br2N3O/c15-11-6-8-17-13(9-11)19-14(20)18-7-5-10-3-1-2-4-12(10)16/h1-9H,(H2,17,18,19,20)/b7-5+. The van der Waals surface area contributed by atoms with Crippen molar-refractivity contribution >= 4 is 49.8 Å². The molecule has 4 nitrogen and oxygen atoms in total. The van der Waals surface area contributed by atoms with Gasteiger partial charge in [-0.1, -0.05) is 50.1 Å². The summed E-state index contributed by atoms with van der Waals surface area (Å²) in [7, 11) is 0. The van der Waals surface area contributed by atoms with Crippen LogP contribution in [0.3, 0.4) is 0 Å². The van der Waals surface area contributed by atoms with Crippen molar-refractivity contribution in [1.82, 2.24) is 10.3 Å². The molecule has 2 N–H and O–H groups in total. The van der Waals surface area contributed by atoms with Gasteiger partial charge < -0.3 is 5.32 Å². The van der Waals surface area contributed by atoms with Crippen LogP contribution < -0.4 is 10.6 Å². The largest absolute Gasteiger partial charge is 0.324 e. The molecule has 0 saturated carbocycles. The van der Waals surface area contributed by atoms with Crippen molar-refractivity contribution < 1.29 is 4.79 Å². The van der Waals surface area contributed by atoms with Gasteiger partial charge in [-0.25, -0.2) is 9.78 Å². The first-order valence-electron chi connectivity index (χ1n) is 5.75. The van der Waals surface area contributed by atoms with Gasteiger partial charge in [-0.2, -0.15) is 0 Å². The molecule has 6 heteroatoms. The van der Waals surface area contributed by atoms with E-state index in [4.69, 9.17) is 0 Å². The van der Waals surface area contributed by atoms with Crippen molar-refractivity contribution in [2.75, 3.05) is 5.32 Å². The second-order valence-corrected chi connectivity index (χ2v) is 5.58. The summed E-state index contributed by atoms with van der Waals surface area (Å²) in [6.45, 7) is 0. The van der Waals surface area contributed by atoms with Crippen LogP contribution >= 0.6 is 31.9 Å². The number of nitrogens with one attached hydrogen (secondary N) is 2. The Morgan fingerprint density at radius 1 is 1.20 bits per heavy atom. The zero-order valence-electron chi connectivity index (χ0n) is 10.3. The lowest BCUT2D eigenvalue weighted by molar-refractivity contribution is 0.255. The summed E-state index contributed by atoms with van der Waals surface area (Å²) in [5.41, 5.74) is 0.980. The maximum Gasteiger partial charge on any atom is 0.324 e. The third kappa shape index (κ3) is 4.47. The second kappa shape index (κ2) is 7.21. The van der Waals surface area contributed by atoms with E-state index in [2.05, 4.69) is 47.5 Å². The summed E-state index contributed by atoms with van der Waals surface area (Å²) < 4.78 is 1.82. The van der Waals surface area contributed by atoms with Gasteiger partial charge in [0.1, 0.15) is 5.82 Å². The van der Waals surface area contributed by atoms with E-state index in [1.54, 1.807) is 30.6 Å². The first-order valence-corrected chi connectivity index (χ1v) is 7.34. The highest BCUT2D eigenvalue weighted by Crippen LogP contribution is 2.16. The molecule has 0 aliphatic rings. The van der Waals surface area contributed by atoms with E-state index >= 15 is 0 Å². The van der Waals surface area contributed by atoms with E-state index in [0.717, 1.165) is 14.5 Å². The molecule has 0 saturated heterocycles. The van der Waals surface area contributed by atoms with Crippen LogP contribution in [-0.2, 0) is 0 Å². The van der Waals surface area contributed by atoms with E-state index in [1.165, 1.54) is 0 Å². The molecule has 0 atom stereocenters. The minimum Gasteiger partial charge on any atom is -0.314 e. The van der Waals surface area contributed by atoms with E-state index in [1.807, 2.05) is 24.3 Å². The predicted octanol–water partition coefficient (Wildman–Crippen LogP) is 4.40. The average molecular weight is 397 g/mol. The van der Waals surface area contributed by atoms with Crippen molar-refractivity contribution in [3.63, 3.8) is 0 Å². The molecule has 102 valence electrons. The SMILES string of the molecule is O=C(N/C=C/c1ccccc1Br)Nc1cc(Br)ccn1. The molecule has 2 aromatic rings. The number of amides is 2. The summed E-state index contributed by atoms with van der Waals surface area (Å²) in [5.74, 6) is 0.478. The van der Waals surface area contributed by atoms with Crippen LogP contribution in [0.1, 0.15) is 5.56 Å². The lowest BCUT2D eigenvalue weighted by Crippen LogP contribution is -2.24. The van der Waals surface area contributed by atoms with Gasteiger partial charge in [-0.3, -0.25) is 5.32 Å². The average Bonchev–Trinajstić information content (AvgIpc) is 2.41. The molecule has 1 heterocycles. The zero-order valence-corrected chi connectivity index (χ0v) is 13.5. The van der Waals surface area contributed by atoms with Gasteiger partial charge in [-0.05, 0) is 29.8 Å². The topological polar surface area (TPSA) is 54.0 Å². The van der Waals surface area contributed by atoms with E-state index in [-0.39, 0.29) is 6.03 Å². The highest BCUT2D eigenvalue weighted by molar-refractivity contribution is 9.10. The number of aromatic nitrogens is 1. The second-order valence-electron chi connectivity index (χ2n) is 3.81. The van der Waals surface area contributed by atoms with Crippen LogP contribution in [0.5, 0.6) is 0 Å². The lowest BCUT2D eigenvalue weighted by Gasteiger charge is -2.04. The molecule has 0 radical (unpaired) electrons. The van der Waals surface area contributed by atoms with Gasteiger partial charge in [0, 0.05) is 21.3 Å². The number of carbonyl (C=O) groups excluding carboxylic acids is 1. The molecule has 0 bridgehead atoms. The molecule has 2 amide bonds. The lowest BCUT2D eigenvalue weighted by atomic mass is 10.2. The smallest absolute Gasteiger partial charge is 0.314 e. The highest BCUT2D eigenvalue weighted by atomic mass is 79.9. The van der Waals surface area contributed by atoms with Crippen molar-refractivity contribution in [1.29, 1.82) is 0 Å². The predicted molar refractivity (Wildman–Crippen MR) is 87.3 cm³/mol. The number of hydrogen-bond acceptors (Lipinski definition) is 2. The van der Waals surface area contributed by atoms with Crippen LogP contribution in [0, 0.1) is 0 Å². The fourth-order valence-corrected chi connectivity index (χ4v) is 2.19. The van der Waals surface area contributed by atoms with Crippen LogP contribution in [0.15, 0.2) is 57.7 Å². The summed E-state index contributed by atoms with van der Waals surface area (Å²) in [5, 5.41) is 5.25. The van der Waals surface area contributed by atoms with Gasteiger partial charge in [0.25, 0.3) is 0 Å². The molecule has 1 aromatic heterocycles. The Bertz CT molecular complexity index is 644.